The van der Waals surface area contributed by atoms with Crippen molar-refractivity contribution in [3.8, 4) is 5.75 Å². The maximum Gasteiger partial charge on any atom is 0.130 e. The summed E-state index contributed by atoms with van der Waals surface area (Å²) in [6.07, 6.45) is 0.649. The van der Waals surface area contributed by atoms with E-state index < -0.39 is 0 Å². The smallest absolute Gasteiger partial charge is 0.130 e. The summed E-state index contributed by atoms with van der Waals surface area (Å²) in [7, 11) is 0. The van der Waals surface area contributed by atoms with Crippen LogP contribution in [0.1, 0.15) is 12.1 Å². The standard InChI is InChI=1S/C13H15NO2/c1-10-9-13(16-8-4-7-15)11-5-2-3-6-12(11)14-10/h2-3,5-6,9,15H,4,7-8H2,1H3. The molecule has 0 aliphatic heterocycles. The van der Waals surface area contributed by atoms with E-state index in [2.05, 4.69) is 4.98 Å². The molecule has 0 saturated heterocycles. The molecule has 0 amide bonds. The monoisotopic (exact) mass is 217 g/mol. The Labute approximate surface area is 94.7 Å². The lowest BCUT2D eigenvalue weighted by atomic mass is 10.2. The van der Waals surface area contributed by atoms with Gasteiger partial charge in [-0.25, -0.2) is 0 Å². The number of benzene rings is 1. The summed E-state index contributed by atoms with van der Waals surface area (Å²) in [5.74, 6) is 0.844. The van der Waals surface area contributed by atoms with Crippen molar-refractivity contribution in [2.75, 3.05) is 13.2 Å². The molecule has 84 valence electrons. The van der Waals surface area contributed by atoms with Crippen LogP contribution in [0.4, 0.5) is 0 Å². The number of aromatic nitrogens is 1. The van der Waals surface area contributed by atoms with Gasteiger partial charge in [0.25, 0.3) is 0 Å². The topological polar surface area (TPSA) is 42.4 Å². The number of pyridine rings is 1. The number of para-hydroxylation sites is 1. The van der Waals surface area contributed by atoms with Crippen LogP contribution in [0.5, 0.6) is 5.75 Å². The molecule has 0 atom stereocenters. The van der Waals surface area contributed by atoms with E-state index in [0.717, 1.165) is 22.3 Å². The van der Waals surface area contributed by atoms with E-state index in [4.69, 9.17) is 9.84 Å². The number of nitrogens with zero attached hydrogens (tertiary/aromatic N) is 1. The molecule has 1 aromatic carbocycles. The Bertz CT molecular complexity index is 482. The fraction of sp³-hybridized carbons (Fsp3) is 0.308. The van der Waals surface area contributed by atoms with Crippen LogP contribution >= 0.6 is 0 Å². The lowest BCUT2D eigenvalue weighted by Gasteiger charge is -2.09. The molecule has 0 aliphatic carbocycles. The van der Waals surface area contributed by atoms with Gasteiger partial charge in [0.2, 0.25) is 0 Å². The van der Waals surface area contributed by atoms with Crippen molar-refractivity contribution in [2.24, 2.45) is 0 Å². The zero-order valence-corrected chi connectivity index (χ0v) is 9.31. The van der Waals surface area contributed by atoms with Gasteiger partial charge in [0.05, 0.1) is 12.1 Å². The van der Waals surface area contributed by atoms with Gasteiger partial charge in [-0.3, -0.25) is 4.98 Å². The number of ether oxygens (including phenoxy) is 1. The minimum atomic E-state index is 0.155. The summed E-state index contributed by atoms with van der Waals surface area (Å²) in [5.41, 5.74) is 1.89. The van der Waals surface area contributed by atoms with Crippen molar-refractivity contribution in [1.29, 1.82) is 0 Å². The zero-order chi connectivity index (χ0) is 11.4. The Balaban J connectivity index is 2.34. The first-order chi connectivity index (χ1) is 7.81. The first kappa shape index (κ1) is 10.9. The molecule has 0 saturated carbocycles. The highest BCUT2D eigenvalue weighted by atomic mass is 16.5. The molecule has 0 bridgehead atoms. The van der Waals surface area contributed by atoms with E-state index in [1.807, 2.05) is 37.3 Å². The number of aliphatic hydroxyl groups is 1. The van der Waals surface area contributed by atoms with Crippen molar-refractivity contribution < 1.29 is 9.84 Å². The van der Waals surface area contributed by atoms with Gasteiger partial charge < -0.3 is 9.84 Å². The van der Waals surface area contributed by atoms with Crippen LogP contribution in [-0.4, -0.2) is 23.3 Å². The molecule has 2 aromatic rings. The maximum atomic E-state index is 8.72. The predicted octanol–water partition coefficient (Wildman–Crippen LogP) is 2.30. The molecule has 0 fully saturated rings. The lowest BCUT2D eigenvalue weighted by molar-refractivity contribution is 0.235. The Morgan fingerprint density at radius 3 is 2.94 bits per heavy atom. The Hall–Kier alpha value is -1.61. The normalized spacial score (nSPS) is 10.6. The van der Waals surface area contributed by atoms with Crippen molar-refractivity contribution in [3.63, 3.8) is 0 Å². The maximum absolute atomic E-state index is 8.72. The van der Waals surface area contributed by atoms with E-state index >= 15 is 0 Å². The minimum absolute atomic E-state index is 0.155. The van der Waals surface area contributed by atoms with Crippen molar-refractivity contribution >= 4 is 10.9 Å². The number of fused-ring (bicyclic) bond motifs is 1. The highest BCUT2D eigenvalue weighted by Gasteiger charge is 2.03. The third-order valence-electron chi connectivity index (χ3n) is 2.37. The third kappa shape index (κ3) is 2.31. The molecule has 1 N–H and O–H groups in total. The molecule has 0 radical (unpaired) electrons. The van der Waals surface area contributed by atoms with Gasteiger partial charge in [-0.1, -0.05) is 12.1 Å². The molecule has 16 heavy (non-hydrogen) atoms. The summed E-state index contributed by atoms with van der Waals surface area (Å²) in [6, 6.07) is 9.83. The number of rotatable bonds is 4. The Morgan fingerprint density at radius 2 is 2.12 bits per heavy atom. The molecule has 3 nitrogen and oxygen atoms in total. The summed E-state index contributed by atoms with van der Waals surface area (Å²) < 4.78 is 5.64. The molecule has 3 heteroatoms. The van der Waals surface area contributed by atoms with E-state index in [9.17, 15) is 0 Å². The van der Waals surface area contributed by atoms with Gasteiger partial charge in [0.15, 0.2) is 0 Å². The number of hydrogen-bond donors (Lipinski definition) is 1. The van der Waals surface area contributed by atoms with Crippen LogP contribution in [0, 0.1) is 6.92 Å². The third-order valence-corrected chi connectivity index (χ3v) is 2.37. The van der Waals surface area contributed by atoms with Gasteiger partial charge >= 0.3 is 0 Å². The van der Waals surface area contributed by atoms with E-state index in [1.165, 1.54) is 0 Å². The molecule has 0 unspecified atom stereocenters. The number of hydrogen-bond acceptors (Lipinski definition) is 3. The first-order valence-electron chi connectivity index (χ1n) is 5.41. The number of aliphatic hydroxyl groups excluding tert-OH is 1. The van der Waals surface area contributed by atoms with Crippen LogP contribution in [0.15, 0.2) is 30.3 Å². The fourth-order valence-electron chi connectivity index (χ4n) is 1.64. The Morgan fingerprint density at radius 1 is 1.31 bits per heavy atom. The first-order valence-corrected chi connectivity index (χ1v) is 5.41. The van der Waals surface area contributed by atoms with Crippen molar-refractivity contribution in [3.05, 3.63) is 36.0 Å². The lowest BCUT2D eigenvalue weighted by Crippen LogP contribution is -2.01. The quantitative estimate of drug-likeness (QED) is 0.799. The molecule has 0 spiro atoms. The molecule has 2 rings (SSSR count). The second-order valence-electron chi connectivity index (χ2n) is 3.70. The summed E-state index contributed by atoms with van der Waals surface area (Å²) in [4.78, 5) is 4.44. The van der Waals surface area contributed by atoms with Crippen LogP contribution in [0.3, 0.4) is 0 Å². The zero-order valence-electron chi connectivity index (χ0n) is 9.31. The molecule has 0 aliphatic rings. The van der Waals surface area contributed by atoms with Crippen LogP contribution in [0.2, 0.25) is 0 Å². The van der Waals surface area contributed by atoms with E-state index in [1.54, 1.807) is 0 Å². The van der Waals surface area contributed by atoms with Crippen molar-refractivity contribution in [2.45, 2.75) is 13.3 Å². The van der Waals surface area contributed by atoms with Crippen LogP contribution in [-0.2, 0) is 0 Å². The SMILES string of the molecule is Cc1cc(OCCCO)c2ccccc2n1. The predicted molar refractivity (Wildman–Crippen MR) is 63.7 cm³/mol. The Kier molecular flexibility index (Phi) is 3.37. The summed E-state index contributed by atoms with van der Waals surface area (Å²) in [5, 5.41) is 9.74. The van der Waals surface area contributed by atoms with Gasteiger partial charge in [0.1, 0.15) is 5.75 Å². The van der Waals surface area contributed by atoms with Gasteiger partial charge in [-0.05, 0) is 19.1 Å². The van der Waals surface area contributed by atoms with E-state index in [0.29, 0.717) is 13.0 Å². The van der Waals surface area contributed by atoms with E-state index in [-0.39, 0.29) is 6.61 Å². The van der Waals surface area contributed by atoms with Gasteiger partial charge in [0, 0.05) is 30.2 Å². The van der Waals surface area contributed by atoms with Crippen LogP contribution < -0.4 is 4.74 Å². The minimum Gasteiger partial charge on any atom is -0.493 e. The second kappa shape index (κ2) is 4.94. The van der Waals surface area contributed by atoms with Gasteiger partial charge in [-0.2, -0.15) is 0 Å². The summed E-state index contributed by atoms with van der Waals surface area (Å²) >= 11 is 0. The molecule has 1 heterocycles. The highest BCUT2D eigenvalue weighted by Crippen LogP contribution is 2.25. The highest BCUT2D eigenvalue weighted by molar-refractivity contribution is 5.85. The van der Waals surface area contributed by atoms with Gasteiger partial charge in [-0.15, -0.1) is 0 Å². The van der Waals surface area contributed by atoms with Crippen LogP contribution in [0.25, 0.3) is 10.9 Å². The second-order valence-corrected chi connectivity index (χ2v) is 3.70. The fourth-order valence-corrected chi connectivity index (χ4v) is 1.64. The number of aryl methyl sites for hydroxylation is 1. The summed E-state index contributed by atoms with van der Waals surface area (Å²) in [6.45, 7) is 2.64. The molecular weight excluding hydrogens is 202 g/mol. The largest absolute Gasteiger partial charge is 0.493 e. The average molecular weight is 217 g/mol. The average Bonchev–Trinajstić information content (AvgIpc) is 2.29. The molecule has 1 aromatic heterocycles. The van der Waals surface area contributed by atoms with Crippen molar-refractivity contribution in [1.82, 2.24) is 4.98 Å². The molecular formula is C13H15NO2.